The Morgan fingerprint density at radius 3 is 2.20 bits per heavy atom. The lowest BCUT2D eigenvalue weighted by atomic mass is 10.1. The number of hydrogen-bond donors (Lipinski definition) is 1. The number of carbonyl (C=O) groups is 2. The molecule has 182 valence electrons. The van der Waals surface area contributed by atoms with Crippen molar-refractivity contribution in [3.63, 3.8) is 0 Å². The van der Waals surface area contributed by atoms with Crippen molar-refractivity contribution < 1.29 is 23.8 Å². The summed E-state index contributed by atoms with van der Waals surface area (Å²) in [5, 5.41) is 2.91. The van der Waals surface area contributed by atoms with E-state index in [1.807, 2.05) is 60.7 Å². The van der Waals surface area contributed by atoms with Crippen molar-refractivity contribution in [3.8, 4) is 17.2 Å². The molecule has 0 bridgehead atoms. The molecule has 4 rings (SSSR count). The predicted molar refractivity (Wildman–Crippen MR) is 135 cm³/mol. The molecule has 7 nitrogen and oxygen atoms in total. The van der Waals surface area contributed by atoms with Gasteiger partial charge in [0.05, 0.1) is 18.9 Å². The largest absolute Gasteiger partial charge is 0.494 e. The molecule has 1 atom stereocenters. The van der Waals surface area contributed by atoms with Crippen LogP contribution in [0.3, 0.4) is 0 Å². The highest BCUT2D eigenvalue weighted by molar-refractivity contribution is 6.01. The van der Waals surface area contributed by atoms with Gasteiger partial charge in [-0.15, -0.1) is 0 Å². The second-order valence-electron chi connectivity index (χ2n) is 8.26. The number of carbonyl (C=O) groups excluding carboxylic acids is 2. The lowest BCUT2D eigenvalue weighted by molar-refractivity contribution is -0.125. The molecule has 1 heterocycles. The average Bonchev–Trinajstić information content (AvgIpc) is 2.88. The highest BCUT2D eigenvalue weighted by Crippen LogP contribution is 2.36. The van der Waals surface area contributed by atoms with E-state index in [-0.39, 0.29) is 11.8 Å². The van der Waals surface area contributed by atoms with E-state index in [1.165, 1.54) is 0 Å². The molecule has 3 aromatic carbocycles. The summed E-state index contributed by atoms with van der Waals surface area (Å²) < 4.78 is 17.2. The molecular weight excluding hydrogens is 444 g/mol. The Labute approximate surface area is 205 Å². The van der Waals surface area contributed by atoms with Crippen LogP contribution in [0.5, 0.6) is 17.2 Å². The molecule has 1 N–H and O–H groups in total. The number of anilines is 2. The second-order valence-corrected chi connectivity index (χ2v) is 8.26. The van der Waals surface area contributed by atoms with Crippen molar-refractivity contribution in [2.75, 3.05) is 30.0 Å². The molecule has 0 aliphatic carbocycles. The molecular formula is C28H30N2O5. The zero-order chi connectivity index (χ0) is 24.5. The van der Waals surface area contributed by atoms with Gasteiger partial charge in [0.2, 0.25) is 5.91 Å². The van der Waals surface area contributed by atoms with Crippen molar-refractivity contribution in [3.05, 3.63) is 78.9 Å². The first-order chi connectivity index (χ1) is 17.1. The maximum Gasteiger partial charge on any atom is 0.267 e. The van der Waals surface area contributed by atoms with Gasteiger partial charge >= 0.3 is 0 Å². The van der Waals surface area contributed by atoms with Crippen molar-refractivity contribution in [2.24, 2.45) is 0 Å². The minimum Gasteiger partial charge on any atom is -0.494 e. The number of nitrogens with one attached hydrogen (secondary N) is 1. The van der Waals surface area contributed by atoms with E-state index in [2.05, 4.69) is 5.32 Å². The summed E-state index contributed by atoms with van der Waals surface area (Å²) in [5.41, 5.74) is 1.27. The van der Waals surface area contributed by atoms with Gasteiger partial charge in [-0.3, -0.25) is 9.59 Å². The Morgan fingerprint density at radius 2 is 1.54 bits per heavy atom. The second kappa shape index (κ2) is 11.9. The first-order valence-corrected chi connectivity index (χ1v) is 11.9. The number of amides is 2. The van der Waals surface area contributed by atoms with Gasteiger partial charge in [-0.05, 0) is 62.2 Å². The average molecular weight is 475 g/mol. The molecule has 0 spiro atoms. The van der Waals surface area contributed by atoms with Crippen LogP contribution in [0.25, 0.3) is 0 Å². The van der Waals surface area contributed by atoms with Crippen LogP contribution in [-0.2, 0) is 9.59 Å². The van der Waals surface area contributed by atoms with Crippen LogP contribution < -0.4 is 24.4 Å². The molecule has 1 aliphatic heterocycles. The van der Waals surface area contributed by atoms with E-state index < -0.39 is 6.10 Å². The van der Waals surface area contributed by atoms with Crippen LogP contribution in [0.1, 0.15) is 26.2 Å². The maximum atomic E-state index is 12.8. The zero-order valence-corrected chi connectivity index (χ0v) is 19.8. The minimum absolute atomic E-state index is 0.110. The van der Waals surface area contributed by atoms with Crippen LogP contribution in [0, 0.1) is 0 Å². The van der Waals surface area contributed by atoms with Crippen LogP contribution in [0.4, 0.5) is 11.4 Å². The number of benzene rings is 3. The van der Waals surface area contributed by atoms with Crippen LogP contribution in [-0.4, -0.2) is 37.7 Å². The van der Waals surface area contributed by atoms with Crippen molar-refractivity contribution in [1.82, 2.24) is 0 Å². The third-order valence-corrected chi connectivity index (χ3v) is 5.55. The fourth-order valence-corrected chi connectivity index (χ4v) is 3.81. The summed E-state index contributed by atoms with van der Waals surface area (Å²) in [6.45, 7) is 3.17. The van der Waals surface area contributed by atoms with Crippen molar-refractivity contribution in [1.29, 1.82) is 0 Å². The topological polar surface area (TPSA) is 77.1 Å². The molecule has 1 aliphatic rings. The molecule has 0 fully saturated rings. The highest BCUT2D eigenvalue weighted by Gasteiger charge is 2.31. The van der Waals surface area contributed by atoms with Gasteiger partial charge in [0, 0.05) is 18.7 Å². The van der Waals surface area contributed by atoms with Gasteiger partial charge in [-0.2, -0.15) is 0 Å². The normalized spacial score (nSPS) is 14.6. The molecule has 3 aromatic rings. The van der Waals surface area contributed by atoms with Gasteiger partial charge < -0.3 is 24.4 Å². The fourth-order valence-electron chi connectivity index (χ4n) is 3.81. The monoisotopic (exact) mass is 474 g/mol. The molecule has 35 heavy (non-hydrogen) atoms. The third kappa shape index (κ3) is 6.76. The summed E-state index contributed by atoms with van der Waals surface area (Å²) in [4.78, 5) is 27.0. The van der Waals surface area contributed by atoms with Gasteiger partial charge in [0.1, 0.15) is 17.2 Å². The summed E-state index contributed by atoms with van der Waals surface area (Å²) in [7, 11) is 0. The van der Waals surface area contributed by atoms with Crippen LogP contribution in [0.2, 0.25) is 0 Å². The number of ether oxygens (including phenoxy) is 3. The summed E-state index contributed by atoms with van der Waals surface area (Å²) in [6.07, 6.45) is 1.02. The number of hydrogen-bond acceptors (Lipinski definition) is 5. The minimum atomic E-state index is -0.567. The van der Waals surface area contributed by atoms with E-state index in [0.29, 0.717) is 56.1 Å². The number of fused-ring (bicyclic) bond motifs is 1. The van der Waals surface area contributed by atoms with Crippen molar-refractivity contribution in [2.45, 2.75) is 32.3 Å². The first-order valence-electron chi connectivity index (χ1n) is 11.9. The zero-order valence-electron chi connectivity index (χ0n) is 19.8. The molecule has 0 saturated carbocycles. The molecule has 0 aromatic heterocycles. The lowest BCUT2D eigenvalue weighted by Gasteiger charge is -2.33. The smallest absolute Gasteiger partial charge is 0.267 e. The van der Waals surface area contributed by atoms with Gasteiger partial charge in [-0.1, -0.05) is 36.4 Å². The Hall–Kier alpha value is -4.00. The predicted octanol–water partition coefficient (Wildman–Crippen LogP) is 5.07. The Balaban J connectivity index is 1.31. The molecule has 1 unspecified atom stereocenters. The number of rotatable bonds is 11. The van der Waals surface area contributed by atoms with E-state index in [0.717, 1.165) is 11.5 Å². The Kier molecular flexibility index (Phi) is 8.22. The Bertz CT molecular complexity index is 1120. The maximum absolute atomic E-state index is 12.8. The SMILES string of the molecule is CC1Oc2ccc(NC(=O)CCCOc3ccccc3)cc2N(CCCOc2ccccc2)C1=O. The molecule has 7 heteroatoms. The van der Waals surface area contributed by atoms with Gasteiger partial charge in [0.25, 0.3) is 5.91 Å². The molecule has 0 radical (unpaired) electrons. The molecule has 2 amide bonds. The highest BCUT2D eigenvalue weighted by atomic mass is 16.5. The first kappa shape index (κ1) is 24.1. The Morgan fingerprint density at radius 1 is 0.914 bits per heavy atom. The van der Waals surface area contributed by atoms with E-state index >= 15 is 0 Å². The summed E-state index contributed by atoms with van der Waals surface area (Å²) >= 11 is 0. The van der Waals surface area contributed by atoms with E-state index in [4.69, 9.17) is 14.2 Å². The van der Waals surface area contributed by atoms with Crippen molar-refractivity contribution >= 4 is 23.2 Å². The quantitative estimate of drug-likeness (QED) is 0.393. The van der Waals surface area contributed by atoms with Gasteiger partial charge in [-0.25, -0.2) is 0 Å². The number of nitrogens with zero attached hydrogens (tertiary/aromatic N) is 1. The summed E-state index contributed by atoms with van der Waals surface area (Å²) in [5.74, 6) is 1.99. The standard InChI is InChI=1S/C28H30N2O5/c1-21-28(32)30(17-9-19-34-24-12-6-3-7-13-24)25-20-22(15-16-26(25)35-21)29-27(31)14-8-18-33-23-10-4-2-5-11-23/h2-7,10-13,15-16,20-21H,8-9,14,17-19H2,1H3,(H,29,31). The van der Waals surface area contributed by atoms with Crippen LogP contribution in [0.15, 0.2) is 78.9 Å². The molecule has 0 saturated heterocycles. The van der Waals surface area contributed by atoms with Gasteiger partial charge in [0.15, 0.2) is 6.10 Å². The third-order valence-electron chi connectivity index (χ3n) is 5.55. The fraction of sp³-hybridized carbons (Fsp3) is 0.286. The number of para-hydroxylation sites is 2. The van der Waals surface area contributed by atoms with Crippen LogP contribution >= 0.6 is 0 Å². The van der Waals surface area contributed by atoms with E-state index in [1.54, 1.807) is 30.0 Å². The summed E-state index contributed by atoms with van der Waals surface area (Å²) in [6, 6.07) is 24.5. The lowest BCUT2D eigenvalue weighted by Crippen LogP contribution is -2.45. The van der Waals surface area contributed by atoms with E-state index in [9.17, 15) is 9.59 Å².